The highest BCUT2D eigenvalue weighted by atomic mass is 16.3. The van der Waals surface area contributed by atoms with E-state index in [0.29, 0.717) is 18.1 Å². The van der Waals surface area contributed by atoms with E-state index in [1.165, 1.54) is 6.07 Å². The first-order valence-electron chi connectivity index (χ1n) is 5.36. The van der Waals surface area contributed by atoms with Crippen molar-refractivity contribution in [3.8, 4) is 0 Å². The van der Waals surface area contributed by atoms with Crippen LogP contribution in [0.3, 0.4) is 0 Å². The SMILES string of the molecule is CN(Cc1ccoc1)c1nc(C(N)=O)ccc1N. The van der Waals surface area contributed by atoms with Gasteiger partial charge in [-0.05, 0) is 18.2 Å². The van der Waals surface area contributed by atoms with E-state index < -0.39 is 5.91 Å². The molecule has 0 saturated heterocycles. The van der Waals surface area contributed by atoms with Crippen LogP contribution in [0.15, 0.2) is 35.1 Å². The Morgan fingerprint density at radius 1 is 1.44 bits per heavy atom. The van der Waals surface area contributed by atoms with Gasteiger partial charge in [0.25, 0.3) is 5.91 Å². The van der Waals surface area contributed by atoms with Crippen molar-refractivity contribution in [1.29, 1.82) is 0 Å². The third-order valence-corrected chi connectivity index (χ3v) is 2.52. The number of nitrogen functional groups attached to an aromatic ring is 1. The topological polar surface area (TPSA) is 98.4 Å². The summed E-state index contributed by atoms with van der Waals surface area (Å²) in [5.41, 5.74) is 12.7. The van der Waals surface area contributed by atoms with Crippen molar-refractivity contribution >= 4 is 17.4 Å². The number of carbonyl (C=O) groups is 1. The highest BCUT2D eigenvalue weighted by molar-refractivity contribution is 5.91. The summed E-state index contributed by atoms with van der Waals surface area (Å²) in [5, 5.41) is 0. The van der Waals surface area contributed by atoms with Crippen LogP contribution in [0.25, 0.3) is 0 Å². The van der Waals surface area contributed by atoms with E-state index in [1.54, 1.807) is 18.6 Å². The molecule has 1 amide bonds. The molecule has 0 fully saturated rings. The smallest absolute Gasteiger partial charge is 0.267 e. The fourth-order valence-electron chi connectivity index (χ4n) is 1.63. The van der Waals surface area contributed by atoms with Gasteiger partial charge in [-0.1, -0.05) is 0 Å². The zero-order valence-electron chi connectivity index (χ0n) is 9.96. The molecule has 6 nitrogen and oxygen atoms in total. The van der Waals surface area contributed by atoms with E-state index in [1.807, 2.05) is 18.0 Å². The lowest BCUT2D eigenvalue weighted by Crippen LogP contribution is -2.21. The lowest BCUT2D eigenvalue weighted by atomic mass is 10.2. The Morgan fingerprint density at radius 2 is 2.22 bits per heavy atom. The first-order chi connectivity index (χ1) is 8.58. The van der Waals surface area contributed by atoms with Gasteiger partial charge in [-0.25, -0.2) is 4.98 Å². The van der Waals surface area contributed by atoms with Gasteiger partial charge in [0, 0.05) is 19.2 Å². The minimum Gasteiger partial charge on any atom is -0.472 e. The van der Waals surface area contributed by atoms with Gasteiger partial charge in [-0.15, -0.1) is 0 Å². The molecular weight excluding hydrogens is 232 g/mol. The van der Waals surface area contributed by atoms with Crippen molar-refractivity contribution < 1.29 is 9.21 Å². The van der Waals surface area contributed by atoms with Crippen LogP contribution in [0.5, 0.6) is 0 Å². The summed E-state index contributed by atoms with van der Waals surface area (Å²) in [5.74, 6) is -0.0551. The summed E-state index contributed by atoms with van der Waals surface area (Å²) in [6.07, 6.45) is 3.24. The Balaban J connectivity index is 2.26. The molecule has 0 aliphatic heterocycles. The van der Waals surface area contributed by atoms with Crippen LogP contribution in [0, 0.1) is 0 Å². The molecule has 94 valence electrons. The third-order valence-electron chi connectivity index (χ3n) is 2.52. The van der Waals surface area contributed by atoms with Gasteiger partial charge in [-0.3, -0.25) is 4.79 Å². The predicted molar refractivity (Wildman–Crippen MR) is 68.0 cm³/mol. The lowest BCUT2D eigenvalue weighted by molar-refractivity contribution is 0.0995. The van der Waals surface area contributed by atoms with E-state index in [4.69, 9.17) is 15.9 Å². The van der Waals surface area contributed by atoms with Crippen LogP contribution in [0.4, 0.5) is 11.5 Å². The normalized spacial score (nSPS) is 10.3. The molecule has 18 heavy (non-hydrogen) atoms. The van der Waals surface area contributed by atoms with Gasteiger partial charge in [0.1, 0.15) is 5.69 Å². The zero-order valence-corrected chi connectivity index (χ0v) is 9.96. The number of anilines is 2. The molecule has 2 aromatic rings. The minimum atomic E-state index is -0.576. The zero-order chi connectivity index (χ0) is 13.1. The molecule has 2 rings (SSSR count). The standard InChI is InChI=1S/C12H14N4O2/c1-16(6-8-4-5-18-7-8)12-9(13)2-3-10(15-12)11(14)17/h2-5,7H,6,13H2,1H3,(H2,14,17). The van der Waals surface area contributed by atoms with E-state index in [2.05, 4.69) is 4.98 Å². The second-order valence-corrected chi connectivity index (χ2v) is 3.96. The summed E-state index contributed by atoms with van der Waals surface area (Å²) < 4.78 is 4.99. The Kier molecular flexibility index (Phi) is 3.18. The van der Waals surface area contributed by atoms with Gasteiger partial charge >= 0.3 is 0 Å². The molecule has 2 heterocycles. The predicted octanol–water partition coefficient (Wildman–Crippen LogP) is 0.992. The largest absolute Gasteiger partial charge is 0.472 e. The Hall–Kier alpha value is -2.50. The first kappa shape index (κ1) is 12.0. The van der Waals surface area contributed by atoms with E-state index in [9.17, 15) is 4.79 Å². The number of nitrogens with two attached hydrogens (primary N) is 2. The Bertz CT molecular complexity index is 551. The number of furan rings is 1. The average molecular weight is 246 g/mol. The maximum Gasteiger partial charge on any atom is 0.267 e. The fraction of sp³-hybridized carbons (Fsp3) is 0.167. The van der Waals surface area contributed by atoms with Crippen molar-refractivity contribution in [2.75, 3.05) is 17.7 Å². The second-order valence-electron chi connectivity index (χ2n) is 3.96. The summed E-state index contributed by atoms with van der Waals surface area (Å²) in [7, 11) is 1.83. The summed E-state index contributed by atoms with van der Waals surface area (Å²) >= 11 is 0. The van der Waals surface area contributed by atoms with Crippen LogP contribution in [-0.4, -0.2) is 17.9 Å². The summed E-state index contributed by atoms with van der Waals surface area (Å²) in [4.78, 5) is 17.1. The van der Waals surface area contributed by atoms with Gasteiger partial charge in [0.05, 0.1) is 18.2 Å². The number of primary amides is 1. The maximum absolute atomic E-state index is 11.1. The molecule has 2 aromatic heterocycles. The molecule has 0 saturated carbocycles. The molecule has 0 radical (unpaired) electrons. The molecule has 0 aliphatic carbocycles. The number of hydrogen-bond acceptors (Lipinski definition) is 5. The Labute approximate surface area is 104 Å². The van der Waals surface area contributed by atoms with Crippen LogP contribution >= 0.6 is 0 Å². The van der Waals surface area contributed by atoms with Gasteiger partial charge < -0.3 is 20.8 Å². The van der Waals surface area contributed by atoms with E-state index in [-0.39, 0.29) is 5.69 Å². The number of hydrogen-bond donors (Lipinski definition) is 2. The third kappa shape index (κ3) is 2.42. The number of nitrogens with zero attached hydrogens (tertiary/aromatic N) is 2. The highest BCUT2D eigenvalue weighted by Gasteiger charge is 2.11. The molecular formula is C12H14N4O2. The highest BCUT2D eigenvalue weighted by Crippen LogP contribution is 2.21. The van der Waals surface area contributed by atoms with Gasteiger partial charge in [-0.2, -0.15) is 0 Å². The van der Waals surface area contributed by atoms with Crippen molar-refractivity contribution in [2.45, 2.75) is 6.54 Å². The molecule has 0 aliphatic rings. The molecule has 0 bridgehead atoms. The molecule has 4 N–H and O–H groups in total. The minimum absolute atomic E-state index is 0.193. The van der Waals surface area contributed by atoms with Crippen molar-refractivity contribution in [2.24, 2.45) is 5.73 Å². The Morgan fingerprint density at radius 3 is 2.83 bits per heavy atom. The monoisotopic (exact) mass is 246 g/mol. The molecule has 6 heteroatoms. The van der Waals surface area contributed by atoms with Crippen molar-refractivity contribution in [3.05, 3.63) is 42.0 Å². The van der Waals surface area contributed by atoms with Crippen LogP contribution in [0.1, 0.15) is 16.1 Å². The van der Waals surface area contributed by atoms with E-state index in [0.717, 1.165) is 5.56 Å². The van der Waals surface area contributed by atoms with Gasteiger partial charge in [0.2, 0.25) is 0 Å². The second kappa shape index (κ2) is 4.79. The maximum atomic E-state index is 11.1. The lowest BCUT2D eigenvalue weighted by Gasteiger charge is -2.19. The number of carbonyl (C=O) groups excluding carboxylic acids is 1. The first-order valence-corrected chi connectivity index (χ1v) is 5.36. The molecule has 0 aromatic carbocycles. The van der Waals surface area contributed by atoms with E-state index >= 15 is 0 Å². The number of aromatic nitrogens is 1. The van der Waals surface area contributed by atoms with Crippen molar-refractivity contribution in [1.82, 2.24) is 4.98 Å². The molecule has 0 unspecified atom stereocenters. The summed E-state index contributed by atoms with van der Waals surface area (Å²) in [6, 6.07) is 4.98. The quantitative estimate of drug-likeness (QED) is 0.838. The number of pyridine rings is 1. The van der Waals surface area contributed by atoms with Crippen LogP contribution in [-0.2, 0) is 6.54 Å². The van der Waals surface area contributed by atoms with Crippen LogP contribution < -0.4 is 16.4 Å². The number of amides is 1. The summed E-state index contributed by atoms with van der Waals surface area (Å²) in [6.45, 7) is 0.579. The number of rotatable bonds is 4. The van der Waals surface area contributed by atoms with Crippen molar-refractivity contribution in [3.63, 3.8) is 0 Å². The van der Waals surface area contributed by atoms with Crippen LogP contribution in [0.2, 0.25) is 0 Å². The average Bonchev–Trinajstić information content (AvgIpc) is 2.81. The molecule has 0 atom stereocenters. The fourth-order valence-corrected chi connectivity index (χ4v) is 1.63. The molecule has 0 spiro atoms. The van der Waals surface area contributed by atoms with Gasteiger partial charge in [0.15, 0.2) is 5.82 Å².